The molecule has 0 bridgehead atoms. The second kappa shape index (κ2) is 5.97. The molecular formula is C19H16FN3OS. The van der Waals surface area contributed by atoms with Gasteiger partial charge in [0.1, 0.15) is 5.82 Å². The van der Waals surface area contributed by atoms with E-state index in [0.29, 0.717) is 28.3 Å². The highest BCUT2D eigenvalue weighted by Crippen LogP contribution is 2.33. The number of hydrogen-bond acceptors (Lipinski definition) is 3. The number of amides is 1. The topological polar surface area (TPSA) is 46.9 Å². The first kappa shape index (κ1) is 15.8. The predicted molar refractivity (Wildman–Crippen MR) is 99.9 cm³/mol. The van der Waals surface area contributed by atoms with Crippen LogP contribution in [-0.4, -0.2) is 15.5 Å². The number of nitrogens with one attached hydrogen (secondary N) is 1. The molecule has 0 aliphatic heterocycles. The van der Waals surface area contributed by atoms with Gasteiger partial charge >= 0.3 is 0 Å². The van der Waals surface area contributed by atoms with Crippen molar-refractivity contribution in [3.63, 3.8) is 0 Å². The van der Waals surface area contributed by atoms with Crippen LogP contribution in [0.4, 0.5) is 10.3 Å². The summed E-state index contributed by atoms with van der Waals surface area (Å²) in [4.78, 5) is 17.8. The van der Waals surface area contributed by atoms with Crippen LogP contribution in [0.25, 0.3) is 21.1 Å². The summed E-state index contributed by atoms with van der Waals surface area (Å²) in [5, 5.41) is 3.40. The second-order valence-corrected chi connectivity index (χ2v) is 6.84. The summed E-state index contributed by atoms with van der Waals surface area (Å²) in [5.74, 6) is -0.0553. The average Bonchev–Trinajstić information content (AvgIpc) is 3.13. The van der Waals surface area contributed by atoms with Crippen molar-refractivity contribution in [1.29, 1.82) is 0 Å². The Kier molecular flexibility index (Phi) is 3.77. The molecule has 2 aromatic heterocycles. The number of nitrogens with zero attached hydrogens (tertiary/aromatic N) is 2. The zero-order chi connectivity index (χ0) is 17.6. The molecule has 6 heteroatoms. The molecule has 0 radical (unpaired) electrons. The second-order valence-electron chi connectivity index (χ2n) is 5.79. The number of carbonyl (C=O) groups excluding carboxylic acids is 1. The normalized spacial score (nSPS) is 11.3. The Bertz CT molecular complexity index is 1110. The summed E-state index contributed by atoms with van der Waals surface area (Å²) < 4.78 is 16.8. The standard InChI is InChI=1S/C19H16FN3OS/c1-3-23-14-9-5-4-8-13(14)21-19(23)22-18(24)17-11(2)16-12(20)7-6-10-15(16)25-17/h4-10H,3H2,1-2H3,(H,21,22,24). The SMILES string of the molecule is CCn1c(NC(=O)c2sc3cccc(F)c3c2C)nc2ccccc21. The van der Waals surface area contributed by atoms with Gasteiger partial charge in [-0.25, -0.2) is 9.37 Å². The quantitative estimate of drug-likeness (QED) is 0.565. The van der Waals surface area contributed by atoms with Crippen LogP contribution in [0.1, 0.15) is 22.2 Å². The summed E-state index contributed by atoms with van der Waals surface area (Å²) in [7, 11) is 0. The van der Waals surface area contributed by atoms with Crippen molar-refractivity contribution in [2.24, 2.45) is 0 Å². The summed E-state index contributed by atoms with van der Waals surface area (Å²) in [6.45, 7) is 4.47. The summed E-state index contributed by atoms with van der Waals surface area (Å²) in [6.07, 6.45) is 0. The Morgan fingerprint density at radius 3 is 2.80 bits per heavy atom. The fourth-order valence-electron chi connectivity index (χ4n) is 3.12. The molecule has 0 atom stereocenters. The van der Waals surface area contributed by atoms with E-state index in [-0.39, 0.29) is 11.7 Å². The van der Waals surface area contributed by atoms with Crippen molar-refractivity contribution >= 4 is 44.3 Å². The zero-order valence-electron chi connectivity index (χ0n) is 13.8. The molecule has 4 aromatic rings. The molecule has 2 aromatic carbocycles. The first-order valence-electron chi connectivity index (χ1n) is 8.04. The molecule has 0 saturated heterocycles. The van der Waals surface area contributed by atoms with Gasteiger partial charge in [0, 0.05) is 16.6 Å². The third kappa shape index (κ3) is 2.49. The maximum absolute atomic E-state index is 14.1. The maximum atomic E-state index is 14.1. The van der Waals surface area contributed by atoms with Gasteiger partial charge in [-0.1, -0.05) is 18.2 Å². The first-order valence-corrected chi connectivity index (χ1v) is 8.86. The Morgan fingerprint density at radius 2 is 2.04 bits per heavy atom. The number of fused-ring (bicyclic) bond motifs is 2. The number of aromatic nitrogens is 2. The van der Waals surface area contributed by atoms with Crippen LogP contribution in [0.3, 0.4) is 0 Å². The van der Waals surface area contributed by atoms with Gasteiger partial charge in [0.05, 0.1) is 15.9 Å². The van der Waals surface area contributed by atoms with Crippen LogP contribution in [0.2, 0.25) is 0 Å². The molecule has 0 aliphatic carbocycles. The Hall–Kier alpha value is -2.73. The lowest BCUT2D eigenvalue weighted by molar-refractivity contribution is 0.102. The smallest absolute Gasteiger partial charge is 0.268 e. The number of aryl methyl sites for hydroxylation is 2. The minimum Gasteiger partial charge on any atom is -0.310 e. The van der Waals surface area contributed by atoms with Crippen molar-refractivity contribution in [3.05, 3.63) is 58.7 Å². The molecular weight excluding hydrogens is 337 g/mol. The van der Waals surface area contributed by atoms with Gasteiger partial charge in [-0.15, -0.1) is 11.3 Å². The maximum Gasteiger partial charge on any atom is 0.268 e. The Labute approximate surface area is 147 Å². The van der Waals surface area contributed by atoms with Gasteiger partial charge in [-0.2, -0.15) is 0 Å². The average molecular weight is 353 g/mol. The van der Waals surface area contributed by atoms with E-state index >= 15 is 0 Å². The van der Waals surface area contributed by atoms with E-state index in [4.69, 9.17) is 0 Å². The number of imidazole rings is 1. The number of carbonyl (C=O) groups is 1. The molecule has 126 valence electrons. The number of halogens is 1. The van der Waals surface area contributed by atoms with Crippen molar-refractivity contribution < 1.29 is 9.18 Å². The Balaban J connectivity index is 1.76. The minimum atomic E-state index is -0.300. The van der Waals surface area contributed by atoms with E-state index < -0.39 is 0 Å². The Morgan fingerprint density at radius 1 is 1.24 bits per heavy atom. The number of thiophene rings is 1. The van der Waals surface area contributed by atoms with Gasteiger partial charge in [0.2, 0.25) is 5.95 Å². The van der Waals surface area contributed by atoms with E-state index in [1.165, 1.54) is 17.4 Å². The van der Waals surface area contributed by atoms with E-state index in [0.717, 1.165) is 15.7 Å². The van der Waals surface area contributed by atoms with Crippen molar-refractivity contribution in [2.45, 2.75) is 20.4 Å². The van der Waals surface area contributed by atoms with Gasteiger partial charge in [0.15, 0.2) is 0 Å². The lowest BCUT2D eigenvalue weighted by Crippen LogP contribution is -2.15. The zero-order valence-corrected chi connectivity index (χ0v) is 14.7. The lowest BCUT2D eigenvalue weighted by atomic mass is 10.1. The van der Waals surface area contributed by atoms with E-state index in [1.807, 2.05) is 41.8 Å². The highest BCUT2D eigenvalue weighted by Gasteiger charge is 2.20. The van der Waals surface area contributed by atoms with Crippen molar-refractivity contribution in [1.82, 2.24) is 9.55 Å². The van der Waals surface area contributed by atoms with Gasteiger partial charge in [0.25, 0.3) is 5.91 Å². The van der Waals surface area contributed by atoms with Crippen LogP contribution >= 0.6 is 11.3 Å². The van der Waals surface area contributed by atoms with Crippen LogP contribution in [-0.2, 0) is 6.54 Å². The van der Waals surface area contributed by atoms with Crippen LogP contribution in [0.15, 0.2) is 42.5 Å². The molecule has 25 heavy (non-hydrogen) atoms. The molecule has 0 unspecified atom stereocenters. The molecule has 0 fully saturated rings. The molecule has 0 spiro atoms. The third-order valence-electron chi connectivity index (χ3n) is 4.31. The molecule has 4 nitrogen and oxygen atoms in total. The monoisotopic (exact) mass is 353 g/mol. The van der Waals surface area contributed by atoms with Crippen molar-refractivity contribution in [2.75, 3.05) is 5.32 Å². The first-order chi connectivity index (χ1) is 12.1. The fourth-order valence-corrected chi connectivity index (χ4v) is 4.24. The van der Waals surface area contributed by atoms with E-state index in [1.54, 1.807) is 13.0 Å². The summed E-state index contributed by atoms with van der Waals surface area (Å²) in [6, 6.07) is 12.7. The number of hydrogen-bond donors (Lipinski definition) is 1. The van der Waals surface area contributed by atoms with Crippen molar-refractivity contribution in [3.8, 4) is 0 Å². The highest BCUT2D eigenvalue weighted by atomic mass is 32.1. The largest absolute Gasteiger partial charge is 0.310 e. The molecule has 4 rings (SSSR count). The van der Waals surface area contributed by atoms with Crippen LogP contribution < -0.4 is 5.32 Å². The summed E-state index contributed by atoms with van der Waals surface area (Å²) >= 11 is 1.30. The van der Waals surface area contributed by atoms with Gasteiger partial charge < -0.3 is 4.57 Å². The molecule has 0 saturated carbocycles. The molecule has 0 aliphatic rings. The van der Waals surface area contributed by atoms with Crippen LogP contribution in [0, 0.1) is 12.7 Å². The van der Waals surface area contributed by atoms with Crippen LogP contribution in [0.5, 0.6) is 0 Å². The molecule has 2 heterocycles. The number of para-hydroxylation sites is 2. The number of benzene rings is 2. The fraction of sp³-hybridized carbons (Fsp3) is 0.158. The summed E-state index contributed by atoms with van der Waals surface area (Å²) in [5.41, 5.74) is 2.47. The molecule has 1 amide bonds. The van der Waals surface area contributed by atoms with Gasteiger partial charge in [-0.3, -0.25) is 10.1 Å². The van der Waals surface area contributed by atoms with E-state index in [9.17, 15) is 9.18 Å². The minimum absolute atomic E-state index is 0.261. The van der Waals surface area contributed by atoms with Gasteiger partial charge in [-0.05, 0) is 43.7 Å². The predicted octanol–water partition coefficient (Wildman–Crippen LogP) is 4.97. The van der Waals surface area contributed by atoms with E-state index in [2.05, 4.69) is 10.3 Å². The number of rotatable bonds is 3. The lowest BCUT2D eigenvalue weighted by Gasteiger charge is -2.07. The molecule has 1 N–H and O–H groups in total. The highest BCUT2D eigenvalue weighted by molar-refractivity contribution is 7.21. The third-order valence-corrected chi connectivity index (χ3v) is 5.56. The number of anilines is 1.